The van der Waals surface area contributed by atoms with Crippen molar-refractivity contribution in [2.75, 3.05) is 0 Å². The third-order valence-electron chi connectivity index (χ3n) is 1.30. The van der Waals surface area contributed by atoms with Crippen molar-refractivity contribution in [1.29, 1.82) is 0 Å². The first kappa shape index (κ1) is 6.48. The molecule has 1 aliphatic heterocycles. The van der Waals surface area contributed by atoms with Crippen LogP contribution < -0.4 is 0 Å². The zero-order chi connectivity index (χ0) is 5.11. The zero-order valence-corrected chi connectivity index (χ0v) is 9.42. The van der Waals surface area contributed by atoms with Crippen molar-refractivity contribution < 1.29 is 0 Å². The Balaban J connectivity index is 2.12. The summed E-state index contributed by atoms with van der Waals surface area (Å²) in [5.74, 6) is 0. The van der Waals surface area contributed by atoms with E-state index in [4.69, 9.17) is 0 Å². The summed E-state index contributed by atoms with van der Waals surface area (Å²) >= 11 is 2.98. The zero-order valence-electron chi connectivity index (χ0n) is 4.36. The first-order valence-electron chi connectivity index (χ1n) is 2.80. The Hall–Kier alpha value is 1.36. The van der Waals surface area contributed by atoms with E-state index in [0.717, 1.165) is 0 Å². The van der Waals surface area contributed by atoms with Crippen LogP contribution >= 0.6 is 12.2 Å². The molecule has 1 rings (SSSR count). The Labute approximate surface area is 58.8 Å². The first-order chi connectivity index (χ1) is 3.39. The van der Waals surface area contributed by atoms with Gasteiger partial charge < -0.3 is 0 Å². The molecule has 0 nitrogen and oxygen atoms in total. The van der Waals surface area contributed by atoms with Crippen molar-refractivity contribution >= 4 is 31.6 Å². The molecule has 0 amide bonds. The molecular formula is C5H10BiBr. The Morgan fingerprint density at radius 1 is 1.00 bits per heavy atom. The van der Waals surface area contributed by atoms with Crippen molar-refractivity contribution in [1.82, 2.24) is 0 Å². The van der Waals surface area contributed by atoms with E-state index >= 15 is 0 Å². The summed E-state index contributed by atoms with van der Waals surface area (Å²) in [5.41, 5.74) is 0. The standard InChI is InChI=1S/C5H10.Bi.BrH/c1-3-5-4-2;;/h1-5H2;;1H/q;+1;/p-1. The average molecular weight is 359 g/mol. The van der Waals surface area contributed by atoms with Crippen molar-refractivity contribution in [3.8, 4) is 0 Å². The van der Waals surface area contributed by atoms with Crippen molar-refractivity contribution in [2.24, 2.45) is 0 Å². The second-order valence-corrected chi connectivity index (χ2v) is 17.8. The van der Waals surface area contributed by atoms with Gasteiger partial charge in [0.15, 0.2) is 0 Å². The van der Waals surface area contributed by atoms with E-state index in [2.05, 4.69) is 12.2 Å². The van der Waals surface area contributed by atoms with E-state index in [-0.39, 0.29) is 0 Å². The van der Waals surface area contributed by atoms with Gasteiger partial charge in [-0.15, -0.1) is 0 Å². The molecule has 0 N–H and O–H groups in total. The number of rotatable bonds is 0. The number of hydrogen-bond acceptors (Lipinski definition) is 0. The van der Waals surface area contributed by atoms with Crippen molar-refractivity contribution in [3.63, 3.8) is 0 Å². The predicted molar refractivity (Wildman–Crippen MR) is 38.1 cm³/mol. The molecule has 0 unspecified atom stereocenters. The van der Waals surface area contributed by atoms with Gasteiger partial charge in [-0.2, -0.15) is 0 Å². The monoisotopic (exact) mass is 358 g/mol. The Morgan fingerprint density at radius 3 is 1.86 bits per heavy atom. The van der Waals surface area contributed by atoms with Crippen LogP contribution in [0.25, 0.3) is 0 Å². The molecule has 0 aromatic rings. The molecule has 1 heterocycles. The molecular weight excluding hydrogens is 349 g/mol. The summed E-state index contributed by atoms with van der Waals surface area (Å²) < 4.78 is 3.21. The molecule has 1 fully saturated rings. The van der Waals surface area contributed by atoms with Gasteiger partial charge in [-0.1, -0.05) is 0 Å². The fraction of sp³-hybridized carbons (Fsp3) is 1.00. The van der Waals surface area contributed by atoms with E-state index in [9.17, 15) is 0 Å². The van der Waals surface area contributed by atoms with Crippen LogP contribution in [0.2, 0.25) is 8.26 Å². The molecule has 0 aromatic heterocycles. The third-order valence-corrected chi connectivity index (χ3v) is 13.8. The molecule has 7 heavy (non-hydrogen) atoms. The average Bonchev–Trinajstić information content (AvgIpc) is 1.69. The van der Waals surface area contributed by atoms with Crippen LogP contribution in [0.5, 0.6) is 0 Å². The third kappa shape index (κ3) is 2.42. The van der Waals surface area contributed by atoms with E-state index in [1.165, 1.54) is 19.3 Å². The molecule has 0 saturated carbocycles. The minimum atomic E-state index is -0.810. The van der Waals surface area contributed by atoms with Gasteiger partial charge in [0.2, 0.25) is 0 Å². The van der Waals surface area contributed by atoms with Gasteiger partial charge in [-0.3, -0.25) is 0 Å². The SMILES string of the molecule is [Br][Bi]1[CH2]CCC[CH2]1. The Kier molecular flexibility index (Phi) is 3.15. The van der Waals surface area contributed by atoms with Crippen molar-refractivity contribution in [2.45, 2.75) is 27.5 Å². The Morgan fingerprint density at radius 2 is 1.57 bits per heavy atom. The second kappa shape index (κ2) is 3.40. The van der Waals surface area contributed by atoms with Crippen LogP contribution in [0.3, 0.4) is 0 Å². The first-order valence-corrected chi connectivity index (χ1v) is 15.3. The molecule has 1 aliphatic rings. The molecule has 0 atom stereocenters. The predicted octanol–water partition coefficient (Wildman–Crippen LogP) is 2.56. The topological polar surface area (TPSA) is 0 Å². The molecule has 1 saturated heterocycles. The Bertz CT molecular complexity index is 50.0. The van der Waals surface area contributed by atoms with Gasteiger partial charge in [0.1, 0.15) is 0 Å². The maximum atomic E-state index is 3.79. The van der Waals surface area contributed by atoms with Gasteiger partial charge in [-0.05, 0) is 0 Å². The summed E-state index contributed by atoms with van der Waals surface area (Å²) in [4.78, 5) is 0. The fourth-order valence-electron chi connectivity index (χ4n) is 0.855. The summed E-state index contributed by atoms with van der Waals surface area (Å²) in [6.45, 7) is 0. The molecule has 0 aliphatic carbocycles. The van der Waals surface area contributed by atoms with Gasteiger partial charge in [0.05, 0.1) is 0 Å². The van der Waals surface area contributed by atoms with Crippen molar-refractivity contribution in [3.05, 3.63) is 0 Å². The van der Waals surface area contributed by atoms with E-state index in [1.807, 2.05) is 0 Å². The van der Waals surface area contributed by atoms with Crippen LogP contribution in [0.1, 0.15) is 19.3 Å². The van der Waals surface area contributed by atoms with Crippen LogP contribution in [0, 0.1) is 0 Å². The maximum absolute atomic E-state index is 3.79. The summed E-state index contributed by atoms with van der Waals surface area (Å²) in [6.07, 6.45) is 4.57. The van der Waals surface area contributed by atoms with Crippen LogP contribution in [-0.4, -0.2) is 19.4 Å². The van der Waals surface area contributed by atoms with Gasteiger partial charge in [0.25, 0.3) is 0 Å². The van der Waals surface area contributed by atoms with Crippen LogP contribution in [0.15, 0.2) is 0 Å². The second-order valence-electron chi connectivity index (χ2n) is 1.97. The number of hydrogen-bond donors (Lipinski definition) is 0. The molecule has 0 radical (unpaired) electrons. The summed E-state index contributed by atoms with van der Waals surface area (Å²) in [6, 6.07) is 0. The quantitative estimate of drug-likeness (QED) is 0.584. The van der Waals surface area contributed by atoms with Crippen LogP contribution in [0.4, 0.5) is 0 Å². The summed E-state index contributed by atoms with van der Waals surface area (Å²) in [7, 11) is 0. The fourth-order valence-corrected chi connectivity index (χ4v) is 10.5. The van der Waals surface area contributed by atoms with E-state index in [0.29, 0.717) is 0 Å². The van der Waals surface area contributed by atoms with Gasteiger partial charge in [0, 0.05) is 0 Å². The molecule has 0 spiro atoms. The molecule has 2 heteroatoms. The summed E-state index contributed by atoms with van der Waals surface area (Å²) in [5, 5.41) is 0. The molecule has 0 bridgehead atoms. The van der Waals surface area contributed by atoms with Gasteiger partial charge >= 0.3 is 59.1 Å². The van der Waals surface area contributed by atoms with E-state index in [1.54, 1.807) is 8.26 Å². The minimum absolute atomic E-state index is 0.810. The van der Waals surface area contributed by atoms with E-state index < -0.39 is 19.4 Å². The van der Waals surface area contributed by atoms with Crippen LogP contribution in [-0.2, 0) is 0 Å². The van der Waals surface area contributed by atoms with Gasteiger partial charge in [-0.25, -0.2) is 0 Å². The normalized spacial score (nSPS) is 25.3. The molecule has 42 valence electrons. The number of halogens is 1. The molecule has 0 aromatic carbocycles.